The van der Waals surface area contributed by atoms with Crippen LogP contribution in [-0.4, -0.2) is 38.6 Å². The van der Waals surface area contributed by atoms with Gasteiger partial charge in [-0.15, -0.1) is 0 Å². The molecule has 0 unspecified atom stereocenters. The number of aromatic nitrogens is 3. The van der Waals surface area contributed by atoms with Crippen molar-refractivity contribution in [1.82, 2.24) is 19.4 Å². The van der Waals surface area contributed by atoms with Gasteiger partial charge in [-0.1, -0.05) is 6.92 Å². The summed E-state index contributed by atoms with van der Waals surface area (Å²) in [4.78, 5) is 12.0. The van der Waals surface area contributed by atoms with E-state index in [1.165, 1.54) is 31.8 Å². The molecular formula is C18H28N4. The maximum atomic E-state index is 4.80. The van der Waals surface area contributed by atoms with E-state index in [0.29, 0.717) is 6.04 Å². The molecule has 120 valence electrons. The van der Waals surface area contributed by atoms with Crippen LogP contribution in [0, 0.1) is 5.92 Å². The molecule has 0 spiro atoms. The number of pyridine rings is 1. The molecule has 3 rings (SSSR count). The monoisotopic (exact) mass is 300 g/mol. The van der Waals surface area contributed by atoms with E-state index < -0.39 is 0 Å². The van der Waals surface area contributed by atoms with Gasteiger partial charge in [-0.3, -0.25) is 0 Å². The standard InChI is InChI=1S/C18H28N4/c1-4-6-17-20-16-7-5-10-19-18(16)22(17)13-15-8-11-21(12-9-15)14(2)3/h5,7,10,14-15H,4,6,8-9,11-13H2,1-3H3. The minimum absolute atomic E-state index is 0.673. The Bertz CT molecular complexity index is 609. The van der Waals surface area contributed by atoms with Crippen LogP contribution in [0.2, 0.25) is 0 Å². The van der Waals surface area contributed by atoms with Gasteiger partial charge in [-0.2, -0.15) is 0 Å². The van der Waals surface area contributed by atoms with E-state index in [-0.39, 0.29) is 0 Å². The Morgan fingerprint density at radius 1 is 1.27 bits per heavy atom. The molecule has 1 fully saturated rings. The summed E-state index contributed by atoms with van der Waals surface area (Å²) in [5.41, 5.74) is 2.11. The number of hydrogen-bond acceptors (Lipinski definition) is 3. The van der Waals surface area contributed by atoms with Crippen molar-refractivity contribution >= 4 is 11.2 Å². The Morgan fingerprint density at radius 3 is 2.73 bits per heavy atom. The van der Waals surface area contributed by atoms with Crippen LogP contribution in [0.1, 0.15) is 45.9 Å². The first kappa shape index (κ1) is 15.5. The van der Waals surface area contributed by atoms with Crippen molar-refractivity contribution in [2.75, 3.05) is 13.1 Å². The van der Waals surface area contributed by atoms with Crippen molar-refractivity contribution in [3.05, 3.63) is 24.2 Å². The topological polar surface area (TPSA) is 34.0 Å². The zero-order valence-electron chi connectivity index (χ0n) is 14.1. The van der Waals surface area contributed by atoms with Crippen molar-refractivity contribution in [2.45, 2.75) is 59.0 Å². The maximum Gasteiger partial charge on any atom is 0.159 e. The lowest BCUT2D eigenvalue weighted by Crippen LogP contribution is -2.39. The molecule has 0 radical (unpaired) electrons. The molecule has 4 nitrogen and oxygen atoms in total. The van der Waals surface area contributed by atoms with Crippen LogP contribution in [0.4, 0.5) is 0 Å². The van der Waals surface area contributed by atoms with E-state index in [1.807, 2.05) is 12.3 Å². The van der Waals surface area contributed by atoms with E-state index in [9.17, 15) is 0 Å². The lowest BCUT2D eigenvalue weighted by molar-refractivity contribution is 0.141. The van der Waals surface area contributed by atoms with Gasteiger partial charge in [0, 0.05) is 25.2 Å². The Kier molecular flexibility index (Phi) is 4.77. The lowest BCUT2D eigenvalue weighted by atomic mass is 9.96. The third kappa shape index (κ3) is 3.17. The van der Waals surface area contributed by atoms with Gasteiger partial charge < -0.3 is 9.47 Å². The Morgan fingerprint density at radius 2 is 2.05 bits per heavy atom. The summed E-state index contributed by atoms with van der Waals surface area (Å²) in [6, 6.07) is 4.74. The van der Waals surface area contributed by atoms with Gasteiger partial charge in [0.15, 0.2) is 5.65 Å². The van der Waals surface area contributed by atoms with Gasteiger partial charge in [-0.05, 0) is 64.3 Å². The summed E-state index contributed by atoms with van der Waals surface area (Å²) in [7, 11) is 0. The predicted molar refractivity (Wildman–Crippen MR) is 91.0 cm³/mol. The molecule has 0 aliphatic carbocycles. The van der Waals surface area contributed by atoms with E-state index in [1.54, 1.807) is 0 Å². The molecular weight excluding hydrogens is 272 g/mol. The van der Waals surface area contributed by atoms with Crippen molar-refractivity contribution in [3.8, 4) is 0 Å². The summed E-state index contributed by atoms with van der Waals surface area (Å²) in [5, 5.41) is 0. The van der Waals surface area contributed by atoms with Crippen molar-refractivity contribution in [3.63, 3.8) is 0 Å². The smallest absolute Gasteiger partial charge is 0.159 e. The molecule has 0 bridgehead atoms. The van der Waals surface area contributed by atoms with Crippen LogP contribution < -0.4 is 0 Å². The molecule has 0 atom stereocenters. The van der Waals surface area contributed by atoms with E-state index in [0.717, 1.165) is 36.5 Å². The van der Waals surface area contributed by atoms with Gasteiger partial charge in [0.2, 0.25) is 0 Å². The van der Waals surface area contributed by atoms with Crippen molar-refractivity contribution in [1.29, 1.82) is 0 Å². The number of aryl methyl sites for hydroxylation is 1. The van der Waals surface area contributed by atoms with Crippen molar-refractivity contribution < 1.29 is 0 Å². The second-order valence-corrected chi connectivity index (χ2v) is 6.81. The molecule has 3 heterocycles. The first-order chi connectivity index (χ1) is 10.7. The predicted octanol–water partition coefficient (Wildman–Crippen LogP) is 3.50. The van der Waals surface area contributed by atoms with Gasteiger partial charge >= 0.3 is 0 Å². The first-order valence-electron chi connectivity index (χ1n) is 8.73. The maximum absolute atomic E-state index is 4.80. The molecule has 2 aromatic heterocycles. The third-order valence-electron chi connectivity index (χ3n) is 4.88. The summed E-state index contributed by atoms with van der Waals surface area (Å²) >= 11 is 0. The fourth-order valence-electron chi connectivity index (χ4n) is 3.52. The highest BCUT2D eigenvalue weighted by molar-refractivity contribution is 5.71. The summed E-state index contributed by atoms with van der Waals surface area (Å²) in [6.07, 6.45) is 6.64. The van der Waals surface area contributed by atoms with Crippen LogP contribution >= 0.6 is 0 Å². The zero-order valence-corrected chi connectivity index (χ0v) is 14.1. The van der Waals surface area contributed by atoms with E-state index in [2.05, 4.69) is 41.3 Å². The zero-order chi connectivity index (χ0) is 15.5. The average molecular weight is 300 g/mol. The lowest BCUT2D eigenvalue weighted by Gasteiger charge is -2.34. The molecule has 0 aromatic carbocycles. The molecule has 4 heteroatoms. The van der Waals surface area contributed by atoms with Gasteiger partial charge in [0.25, 0.3) is 0 Å². The molecule has 2 aromatic rings. The summed E-state index contributed by atoms with van der Waals surface area (Å²) < 4.78 is 2.38. The fourth-order valence-corrected chi connectivity index (χ4v) is 3.52. The van der Waals surface area contributed by atoms with Crippen molar-refractivity contribution in [2.24, 2.45) is 5.92 Å². The Labute approximate surface area is 133 Å². The first-order valence-corrected chi connectivity index (χ1v) is 8.73. The molecule has 0 amide bonds. The summed E-state index contributed by atoms with van der Waals surface area (Å²) in [5.74, 6) is 1.97. The van der Waals surface area contributed by atoms with Crippen LogP contribution in [0.5, 0.6) is 0 Å². The molecule has 1 aliphatic heterocycles. The number of imidazole rings is 1. The summed E-state index contributed by atoms with van der Waals surface area (Å²) in [6.45, 7) is 10.4. The number of hydrogen-bond donors (Lipinski definition) is 0. The minimum Gasteiger partial charge on any atom is -0.312 e. The Balaban J connectivity index is 1.77. The van der Waals surface area contributed by atoms with E-state index in [4.69, 9.17) is 4.98 Å². The quantitative estimate of drug-likeness (QED) is 0.847. The number of nitrogens with zero attached hydrogens (tertiary/aromatic N) is 4. The third-order valence-corrected chi connectivity index (χ3v) is 4.88. The van der Waals surface area contributed by atoms with E-state index >= 15 is 0 Å². The van der Waals surface area contributed by atoms with Crippen LogP contribution in [0.3, 0.4) is 0 Å². The number of piperidine rings is 1. The highest BCUT2D eigenvalue weighted by Gasteiger charge is 2.22. The van der Waals surface area contributed by atoms with Gasteiger partial charge in [0.1, 0.15) is 11.3 Å². The van der Waals surface area contributed by atoms with Gasteiger partial charge in [-0.25, -0.2) is 9.97 Å². The van der Waals surface area contributed by atoms with Gasteiger partial charge in [0.05, 0.1) is 0 Å². The van der Waals surface area contributed by atoms with Crippen LogP contribution in [0.25, 0.3) is 11.2 Å². The molecule has 22 heavy (non-hydrogen) atoms. The largest absolute Gasteiger partial charge is 0.312 e. The number of rotatable bonds is 5. The normalized spacial score (nSPS) is 17.6. The molecule has 1 aliphatic rings. The molecule has 0 saturated carbocycles. The molecule has 0 N–H and O–H groups in total. The number of fused-ring (bicyclic) bond motifs is 1. The average Bonchev–Trinajstić information content (AvgIpc) is 2.86. The second-order valence-electron chi connectivity index (χ2n) is 6.81. The second kappa shape index (κ2) is 6.78. The SMILES string of the molecule is CCCc1nc2cccnc2n1CC1CCN(C(C)C)CC1. The highest BCUT2D eigenvalue weighted by atomic mass is 15.2. The fraction of sp³-hybridized carbons (Fsp3) is 0.667. The Hall–Kier alpha value is -1.42. The minimum atomic E-state index is 0.673. The highest BCUT2D eigenvalue weighted by Crippen LogP contribution is 2.24. The van der Waals surface area contributed by atoms with Crippen LogP contribution in [0.15, 0.2) is 18.3 Å². The molecule has 1 saturated heterocycles. The number of likely N-dealkylation sites (tertiary alicyclic amines) is 1. The van der Waals surface area contributed by atoms with Crippen LogP contribution in [-0.2, 0) is 13.0 Å².